The number of ether oxygens (including phenoxy) is 1. The molecule has 4 nitrogen and oxygen atoms in total. The maximum absolute atomic E-state index is 12.5. The largest absolute Gasteiger partial charge is 0.443 e. The smallest absolute Gasteiger partial charge is 0.415 e. The molecular formula is C17H19BrN2O2. The van der Waals surface area contributed by atoms with Crippen LogP contribution < -0.4 is 4.90 Å². The molecule has 1 aromatic carbocycles. The Bertz CT molecular complexity index is 621. The Morgan fingerprint density at radius 2 is 1.86 bits per heavy atom. The van der Waals surface area contributed by atoms with E-state index >= 15 is 0 Å². The molecule has 1 heterocycles. The van der Waals surface area contributed by atoms with E-state index in [0.29, 0.717) is 6.54 Å². The minimum absolute atomic E-state index is 0.359. The lowest BCUT2D eigenvalue weighted by Gasteiger charge is -2.27. The van der Waals surface area contributed by atoms with Crippen LogP contribution in [-0.4, -0.2) is 16.7 Å². The monoisotopic (exact) mass is 362 g/mol. The Morgan fingerprint density at radius 1 is 1.18 bits per heavy atom. The fourth-order valence-corrected chi connectivity index (χ4v) is 2.12. The highest BCUT2D eigenvalue weighted by atomic mass is 79.9. The summed E-state index contributed by atoms with van der Waals surface area (Å²) in [5.74, 6) is 0. The highest BCUT2D eigenvalue weighted by Gasteiger charge is 2.23. The highest BCUT2D eigenvalue weighted by Crippen LogP contribution is 2.22. The third-order valence-corrected chi connectivity index (χ3v) is 3.33. The molecule has 116 valence electrons. The van der Waals surface area contributed by atoms with E-state index in [0.717, 1.165) is 15.9 Å². The Balaban J connectivity index is 2.27. The maximum atomic E-state index is 12.5. The number of hydrogen-bond donors (Lipinski definition) is 0. The van der Waals surface area contributed by atoms with Crippen molar-refractivity contribution in [2.75, 3.05) is 4.90 Å². The van der Waals surface area contributed by atoms with E-state index in [2.05, 4.69) is 20.9 Å². The van der Waals surface area contributed by atoms with Crippen LogP contribution in [0, 0.1) is 0 Å². The van der Waals surface area contributed by atoms with Crippen LogP contribution in [0.3, 0.4) is 0 Å². The first-order valence-electron chi connectivity index (χ1n) is 7.01. The van der Waals surface area contributed by atoms with Crippen molar-refractivity contribution in [2.45, 2.75) is 32.9 Å². The van der Waals surface area contributed by atoms with Crippen LogP contribution in [0.2, 0.25) is 0 Å². The number of anilines is 1. The van der Waals surface area contributed by atoms with E-state index < -0.39 is 5.60 Å². The Labute approximate surface area is 139 Å². The average molecular weight is 363 g/mol. The summed E-state index contributed by atoms with van der Waals surface area (Å²) >= 11 is 3.40. The number of amides is 1. The van der Waals surface area contributed by atoms with Gasteiger partial charge in [0, 0.05) is 16.4 Å². The molecule has 0 aliphatic heterocycles. The van der Waals surface area contributed by atoms with E-state index in [4.69, 9.17) is 4.74 Å². The molecule has 0 atom stereocenters. The number of nitrogens with zero attached hydrogens (tertiary/aromatic N) is 2. The number of pyridine rings is 1. The lowest BCUT2D eigenvalue weighted by molar-refractivity contribution is 0.0577. The zero-order chi connectivity index (χ0) is 16.2. The lowest BCUT2D eigenvalue weighted by Crippen LogP contribution is -2.36. The van der Waals surface area contributed by atoms with Gasteiger partial charge in [0.2, 0.25) is 0 Å². The van der Waals surface area contributed by atoms with Crippen molar-refractivity contribution >= 4 is 27.7 Å². The van der Waals surface area contributed by atoms with Gasteiger partial charge >= 0.3 is 6.09 Å². The van der Waals surface area contributed by atoms with Crippen molar-refractivity contribution in [2.24, 2.45) is 0 Å². The minimum atomic E-state index is -0.547. The maximum Gasteiger partial charge on any atom is 0.415 e. The van der Waals surface area contributed by atoms with Gasteiger partial charge in [0.15, 0.2) is 0 Å². The molecule has 0 spiro atoms. The van der Waals surface area contributed by atoms with E-state index in [1.807, 2.05) is 63.2 Å². The normalized spacial score (nSPS) is 11.1. The number of halogens is 1. The zero-order valence-electron chi connectivity index (χ0n) is 12.9. The first-order valence-corrected chi connectivity index (χ1v) is 7.80. The summed E-state index contributed by atoms with van der Waals surface area (Å²) in [5.41, 5.74) is 1.02. The molecule has 5 heteroatoms. The fraction of sp³-hybridized carbons (Fsp3) is 0.294. The molecule has 0 aliphatic rings. The number of hydrogen-bond acceptors (Lipinski definition) is 3. The molecular weight excluding hydrogens is 344 g/mol. The second-order valence-electron chi connectivity index (χ2n) is 5.86. The summed E-state index contributed by atoms with van der Waals surface area (Å²) in [5, 5.41) is 0. The molecule has 2 rings (SSSR count). The SMILES string of the molecule is CC(C)(C)OC(=O)N(Cc1ccccn1)c1ccc(Br)cc1. The van der Waals surface area contributed by atoms with Crippen LogP contribution in [0.15, 0.2) is 53.1 Å². The quantitative estimate of drug-likeness (QED) is 0.788. The van der Waals surface area contributed by atoms with Gasteiger partial charge in [-0.3, -0.25) is 9.88 Å². The summed E-state index contributed by atoms with van der Waals surface area (Å²) in [7, 11) is 0. The summed E-state index contributed by atoms with van der Waals surface area (Å²) in [6, 6.07) is 13.2. The van der Waals surface area contributed by atoms with Crippen LogP contribution >= 0.6 is 15.9 Å². The van der Waals surface area contributed by atoms with Gasteiger partial charge in [-0.25, -0.2) is 4.79 Å². The summed E-state index contributed by atoms with van der Waals surface area (Å²) in [4.78, 5) is 18.4. The molecule has 2 aromatic rings. The van der Waals surface area contributed by atoms with Gasteiger partial charge in [-0.15, -0.1) is 0 Å². The topological polar surface area (TPSA) is 42.4 Å². The van der Waals surface area contributed by atoms with E-state index in [1.54, 1.807) is 11.1 Å². The average Bonchev–Trinajstić information content (AvgIpc) is 2.45. The Hall–Kier alpha value is -1.88. The van der Waals surface area contributed by atoms with Gasteiger partial charge in [0.1, 0.15) is 5.60 Å². The third-order valence-electron chi connectivity index (χ3n) is 2.80. The van der Waals surface area contributed by atoms with Crippen LogP contribution in [0.25, 0.3) is 0 Å². The van der Waals surface area contributed by atoms with Crippen molar-refractivity contribution < 1.29 is 9.53 Å². The zero-order valence-corrected chi connectivity index (χ0v) is 14.5. The lowest BCUT2D eigenvalue weighted by atomic mass is 10.2. The molecule has 1 aromatic heterocycles. The van der Waals surface area contributed by atoms with E-state index in [9.17, 15) is 4.79 Å². The first kappa shape index (κ1) is 16.5. The van der Waals surface area contributed by atoms with Crippen molar-refractivity contribution in [3.63, 3.8) is 0 Å². The number of benzene rings is 1. The van der Waals surface area contributed by atoms with Crippen LogP contribution in [0.4, 0.5) is 10.5 Å². The Kier molecular flexibility index (Phi) is 5.19. The minimum Gasteiger partial charge on any atom is -0.443 e. The molecule has 0 N–H and O–H groups in total. The van der Waals surface area contributed by atoms with Gasteiger partial charge < -0.3 is 4.74 Å². The van der Waals surface area contributed by atoms with Gasteiger partial charge in [-0.2, -0.15) is 0 Å². The van der Waals surface area contributed by atoms with Crippen molar-refractivity contribution in [1.29, 1.82) is 0 Å². The van der Waals surface area contributed by atoms with Crippen LogP contribution in [-0.2, 0) is 11.3 Å². The molecule has 0 radical (unpaired) electrons. The summed E-state index contributed by atoms with van der Waals surface area (Å²) < 4.78 is 6.46. The van der Waals surface area contributed by atoms with Gasteiger partial charge in [0.05, 0.1) is 12.2 Å². The summed E-state index contributed by atoms with van der Waals surface area (Å²) in [6.07, 6.45) is 1.32. The van der Waals surface area contributed by atoms with Gasteiger partial charge in [0.25, 0.3) is 0 Å². The second-order valence-corrected chi connectivity index (χ2v) is 6.78. The number of carbonyl (C=O) groups excluding carboxylic acids is 1. The molecule has 1 amide bonds. The van der Waals surface area contributed by atoms with Crippen molar-refractivity contribution in [3.05, 3.63) is 58.8 Å². The second kappa shape index (κ2) is 6.92. The molecule has 0 saturated heterocycles. The van der Waals surface area contributed by atoms with Crippen molar-refractivity contribution in [3.8, 4) is 0 Å². The first-order chi connectivity index (χ1) is 10.3. The van der Waals surface area contributed by atoms with E-state index in [1.165, 1.54) is 0 Å². The van der Waals surface area contributed by atoms with Gasteiger partial charge in [-0.1, -0.05) is 22.0 Å². The molecule has 0 unspecified atom stereocenters. The van der Waals surface area contributed by atoms with Crippen molar-refractivity contribution in [1.82, 2.24) is 4.98 Å². The van der Waals surface area contributed by atoms with E-state index in [-0.39, 0.29) is 6.09 Å². The molecule has 0 bridgehead atoms. The molecule has 0 aliphatic carbocycles. The molecule has 22 heavy (non-hydrogen) atoms. The highest BCUT2D eigenvalue weighted by molar-refractivity contribution is 9.10. The molecule has 0 fully saturated rings. The summed E-state index contributed by atoms with van der Waals surface area (Å²) in [6.45, 7) is 5.92. The number of rotatable bonds is 3. The number of carbonyl (C=O) groups is 1. The fourth-order valence-electron chi connectivity index (χ4n) is 1.85. The predicted molar refractivity (Wildman–Crippen MR) is 90.8 cm³/mol. The van der Waals surface area contributed by atoms with Crippen LogP contribution in [0.1, 0.15) is 26.5 Å². The molecule has 0 saturated carbocycles. The standard InChI is InChI=1S/C17H19BrN2O2/c1-17(2,3)22-16(21)20(12-14-6-4-5-11-19-14)15-9-7-13(18)8-10-15/h4-11H,12H2,1-3H3. The predicted octanol–water partition coefficient (Wildman–Crippen LogP) is 4.79. The Morgan fingerprint density at radius 3 is 2.41 bits per heavy atom. The third kappa shape index (κ3) is 4.84. The van der Waals surface area contributed by atoms with Crippen LogP contribution in [0.5, 0.6) is 0 Å². The van der Waals surface area contributed by atoms with Gasteiger partial charge in [-0.05, 0) is 57.2 Å². The number of aromatic nitrogens is 1.